The Labute approximate surface area is 129 Å². The minimum absolute atomic E-state index is 0.414. The van der Waals surface area contributed by atoms with Crippen molar-refractivity contribution in [1.82, 2.24) is 0 Å². The zero-order chi connectivity index (χ0) is 15.9. The Bertz CT molecular complexity index is 762. The molecule has 0 radical (unpaired) electrons. The number of nitrogens with zero attached hydrogens (tertiary/aromatic N) is 1. The number of ether oxygens (including phenoxy) is 3. The van der Waals surface area contributed by atoms with Crippen LogP contribution in [0.2, 0.25) is 0 Å². The minimum atomic E-state index is 0.414. The lowest BCUT2D eigenvalue weighted by Crippen LogP contribution is -1.94. The van der Waals surface area contributed by atoms with Crippen LogP contribution < -0.4 is 14.2 Å². The predicted molar refractivity (Wildman–Crippen MR) is 83.2 cm³/mol. The lowest BCUT2D eigenvalue weighted by molar-refractivity contribution is 0.393. The maximum Gasteiger partial charge on any atom is 0.139 e. The summed E-state index contributed by atoms with van der Waals surface area (Å²) in [5.74, 6) is 7.86. The van der Waals surface area contributed by atoms with Crippen LogP contribution in [0.15, 0.2) is 36.4 Å². The van der Waals surface area contributed by atoms with Gasteiger partial charge in [-0.15, -0.1) is 0 Å². The van der Waals surface area contributed by atoms with Gasteiger partial charge in [0.1, 0.15) is 23.3 Å². The van der Waals surface area contributed by atoms with Gasteiger partial charge in [-0.2, -0.15) is 5.26 Å². The Hall–Kier alpha value is -3.11. The summed E-state index contributed by atoms with van der Waals surface area (Å²) in [6.45, 7) is 0. The summed E-state index contributed by atoms with van der Waals surface area (Å²) in [4.78, 5) is 0. The molecule has 0 aliphatic heterocycles. The first-order valence-electron chi connectivity index (χ1n) is 6.54. The highest BCUT2D eigenvalue weighted by Crippen LogP contribution is 2.27. The van der Waals surface area contributed by atoms with E-state index < -0.39 is 0 Å². The quantitative estimate of drug-likeness (QED) is 0.816. The summed E-state index contributed by atoms with van der Waals surface area (Å²) in [5.41, 5.74) is 1.78. The molecule has 0 unspecified atom stereocenters. The molecule has 4 nitrogen and oxygen atoms in total. The van der Waals surface area contributed by atoms with Gasteiger partial charge in [-0.3, -0.25) is 0 Å². The van der Waals surface area contributed by atoms with Crippen molar-refractivity contribution in [2.45, 2.75) is 0 Å². The van der Waals surface area contributed by atoms with Crippen LogP contribution in [0.1, 0.15) is 16.7 Å². The molecular weight excluding hydrogens is 278 g/mol. The van der Waals surface area contributed by atoms with Gasteiger partial charge in [-0.1, -0.05) is 11.8 Å². The van der Waals surface area contributed by atoms with E-state index in [9.17, 15) is 5.26 Å². The summed E-state index contributed by atoms with van der Waals surface area (Å²) in [5, 5.41) is 9.28. The van der Waals surface area contributed by atoms with Crippen molar-refractivity contribution in [3.63, 3.8) is 0 Å². The van der Waals surface area contributed by atoms with Crippen LogP contribution in [0, 0.1) is 23.2 Å². The second-order valence-corrected chi connectivity index (χ2v) is 4.34. The highest BCUT2D eigenvalue weighted by molar-refractivity contribution is 5.60. The fourth-order valence-electron chi connectivity index (χ4n) is 1.90. The summed E-state index contributed by atoms with van der Waals surface area (Å²) in [7, 11) is 4.69. The molecule has 0 amide bonds. The van der Waals surface area contributed by atoms with Crippen molar-refractivity contribution in [2.24, 2.45) is 0 Å². The van der Waals surface area contributed by atoms with Crippen LogP contribution in [0.25, 0.3) is 0 Å². The lowest BCUT2D eigenvalue weighted by Gasteiger charge is -2.08. The van der Waals surface area contributed by atoms with Gasteiger partial charge in [0.2, 0.25) is 0 Å². The molecule has 0 aliphatic carbocycles. The third-order valence-electron chi connectivity index (χ3n) is 3.07. The molecule has 110 valence electrons. The molecule has 22 heavy (non-hydrogen) atoms. The zero-order valence-corrected chi connectivity index (χ0v) is 12.6. The molecule has 2 aromatic carbocycles. The van der Waals surface area contributed by atoms with Crippen molar-refractivity contribution in [3.8, 4) is 35.2 Å². The van der Waals surface area contributed by atoms with E-state index >= 15 is 0 Å². The van der Waals surface area contributed by atoms with Gasteiger partial charge in [0.25, 0.3) is 0 Å². The molecule has 0 atom stereocenters. The number of methoxy groups -OCH3 is 3. The lowest BCUT2D eigenvalue weighted by atomic mass is 10.1. The Balaban J connectivity index is 2.44. The molecule has 2 rings (SSSR count). The second-order valence-electron chi connectivity index (χ2n) is 4.34. The van der Waals surface area contributed by atoms with Crippen molar-refractivity contribution in [3.05, 3.63) is 53.1 Å². The smallest absolute Gasteiger partial charge is 0.139 e. The van der Waals surface area contributed by atoms with E-state index in [1.807, 2.05) is 24.3 Å². The van der Waals surface area contributed by atoms with Crippen LogP contribution in [0.5, 0.6) is 17.2 Å². The van der Waals surface area contributed by atoms with E-state index in [4.69, 9.17) is 14.2 Å². The Kier molecular flexibility index (Phi) is 4.90. The first kappa shape index (κ1) is 15.3. The first-order chi connectivity index (χ1) is 10.7. The largest absolute Gasteiger partial charge is 0.497 e. The average molecular weight is 293 g/mol. The van der Waals surface area contributed by atoms with Gasteiger partial charge in [0, 0.05) is 11.6 Å². The molecule has 4 heteroatoms. The molecular formula is C18H15NO3. The molecule has 2 aromatic rings. The molecule has 0 heterocycles. The minimum Gasteiger partial charge on any atom is -0.497 e. The summed E-state index contributed by atoms with van der Waals surface area (Å²) >= 11 is 0. The van der Waals surface area contributed by atoms with E-state index in [-0.39, 0.29) is 0 Å². The fraction of sp³-hybridized carbons (Fsp3) is 0.167. The van der Waals surface area contributed by atoms with Crippen LogP contribution >= 0.6 is 0 Å². The van der Waals surface area contributed by atoms with Crippen molar-refractivity contribution in [1.29, 1.82) is 5.26 Å². The third-order valence-corrected chi connectivity index (χ3v) is 3.07. The van der Waals surface area contributed by atoms with Crippen LogP contribution in [-0.2, 0) is 0 Å². The highest BCUT2D eigenvalue weighted by atomic mass is 16.5. The number of hydrogen-bond acceptors (Lipinski definition) is 4. The number of nitriles is 1. The van der Waals surface area contributed by atoms with Crippen LogP contribution in [0.4, 0.5) is 0 Å². The van der Waals surface area contributed by atoms with Gasteiger partial charge < -0.3 is 14.2 Å². The molecule has 0 saturated carbocycles. The van der Waals surface area contributed by atoms with E-state index in [0.29, 0.717) is 22.6 Å². The summed E-state index contributed by atoms with van der Waals surface area (Å²) in [6, 6.07) is 12.8. The topological polar surface area (TPSA) is 51.5 Å². The van der Waals surface area contributed by atoms with E-state index in [2.05, 4.69) is 17.9 Å². The normalized spacial score (nSPS) is 9.18. The van der Waals surface area contributed by atoms with E-state index in [0.717, 1.165) is 11.3 Å². The standard InChI is InChI=1S/C18H15NO3/c1-20-15-7-4-13(5-8-15)6-9-17-14(12-19)10-16(21-2)11-18(17)22-3/h4-5,7-8,10-11H,1-3H3. The Morgan fingerprint density at radius 3 is 2.05 bits per heavy atom. The third kappa shape index (κ3) is 3.31. The summed E-state index contributed by atoms with van der Waals surface area (Å²) < 4.78 is 15.6. The highest BCUT2D eigenvalue weighted by Gasteiger charge is 2.10. The maximum atomic E-state index is 9.28. The van der Waals surface area contributed by atoms with E-state index in [1.165, 1.54) is 7.11 Å². The summed E-state index contributed by atoms with van der Waals surface area (Å²) in [6.07, 6.45) is 0. The number of hydrogen-bond donors (Lipinski definition) is 0. The van der Waals surface area contributed by atoms with Gasteiger partial charge in [-0.05, 0) is 30.3 Å². The molecule has 0 fully saturated rings. The van der Waals surface area contributed by atoms with E-state index in [1.54, 1.807) is 26.4 Å². The number of benzene rings is 2. The molecule has 0 aromatic heterocycles. The Morgan fingerprint density at radius 2 is 1.50 bits per heavy atom. The van der Waals surface area contributed by atoms with Crippen molar-refractivity contribution < 1.29 is 14.2 Å². The van der Waals surface area contributed by atoms with Gasteiger partial charge in [-0.25, -0.2) is 0 Å². The molecule has 0 bridgehead atoms. The van der Waals surface area contributed by atoms with Gasteiger partial charge in [0.05, 0.1) is 32.5 Å². The molecule has 0 aliphatic rings. The van der Waals surface area contributed by atoms with Crippen molar-refractivity contribution in [2.75, 3.05) is 21.3 Å². The van der Waals surface area contributed by atoms with Gasteiger partial charge in [0.15, 0.2) is 0 Å². The molecule has 0 spiro atoms. The van der Waals surface area contributed by atoms with Crippen LogP contribution in [-0.4, -0.2) is 21.3 Å². The second kappa shape index (κ2) is 7.06. The zero-order valence-electron chi connectivity index (χ0n) is 12.6. The maximum absolute atomic E-state index is 9.28. The average Bonchev–Trinajstić information content (AvgIpc) is 2.59. The van der Waals surface area contributed by atoms with Gasteiger partial charge >= 0.3 is 0 Å². The fourth-order valence-corrected chi connectivity index (χ4v) is 1.90. The first-order valence-corrected chi connectivity index (χ1v) is 6.54. The molecule has 0 saturated heterocycles. The Morgan fingerprint density at radius 1 is 0.818 bits per heavy atom. The SMILES string of the molecule is COc1ccc(C#Cc2c(C#N)cc(OC)cc2OC)cc1. The monoisotopic (exact) mass is 293 g/mol. The predicted octanol–water partition coefficient (Wildman–Crippen LogP) is 2.98. The number of rotatable bonds is 3. The van der Waals surface area contributed by atoms with Crippen molar-refractivity contribution >= 4 is 0 Å². The van der Waals surface area contributed by atoms with Crippen LogP contribution in [0.3, 0.4) is 0 Å². The molecule has 0 N–H and O–H groups in total.